The highest BCUT2D eigenvalue weighted by Crippen LogP contribution is 2.06. The fraction of sp³-hybridized carbons (Fsp3) is 0.273. The van der Waals surface area contributed by atoms with Crippen molar-refractivity contribution in [3.63, 3.8) is 0 Å². The summed E-state index contributed by atoms with van der Waals surface area (Å²) in [6.45, 7) is 4.00. The Labute approximate surface area is 94.5 Å². The van der Waals surface area contributed by atoms with E-state index in [-0.39, 0.29) is 5.84 Å². The van der Waals surface area contributed by atoms with Gasteiger partial charge in [-0.05, 0) is 12.1 Å². The molecule has 0 spiro atoms. The molecule has 0 aliphatic carbocycles. The quantitative estimate of drug-likeness (QED) is 0.263. The summed E-state index contributed by atoms with van der Waals surface area (Å²) in [6.07, 6.45) is 0. The van der Waals surface area contributed by atoms with Gasteiger partial charge < -0.3 is 15.7 Å². The van der Waals surface area contributed by atoms with Crippen molar-refractivity contribution >= 4 is 11.8 Å². The molecule has 0 saturated carbocycles. The van der Waals surface area contributed by atoms with Crippen LogP contribution in [0.25, 0.3) is 0 Å². The van der Waals surface area contributed by atoms with Gasteiger partial charge in [0.1, 0.15) is 0 Å². The molecule has 16 heavy (non-hydrogen) atoms. The van der Waals surface area contributed by atoms with Gasteiger partial charge in [0, 0.05) is 5.56 Å². The monoisotopic (exact) mass is 224 g/mol. The van der Waals surface area contributed by atoms with Crippen LogP contribution in [-0.4, -0.2) is 24.1 Å². The van der Waals surface area contributed by atoms with Crippen LogP contribution in [0.4, 0.5) is 0 Å². The van der Waals surface area contributed by atoms with E-state index in [9.17, 15) is 4.79 Å². The molecule has 0 saturated heterocycles. The smallest absolute Gasteiger partial charge is 0.337 e. The second kappa shape index (κ2) is 7.28. The minimum absolute atomic E-state index is 0.0456. The lowest BCUT2D eigenvalue weighted by Crippen LogP contribution is -2.14. The Hall–Kier alpha value is -2.04. The lowest BCUT2D eigenvalue weighted by Gasteiger charge is -2.01. The van der Waals surface area contributed by atoms with Crippen LogP contribution in [-0.2, 0) is 4.74 Å². The molecule has 0 aliphatic rings. The highest BCUT2D eigenvalue weighted by molar-refractivity contribution is 5.99. The van der Waals surface area contributed by atoms with E-state index >= 15 is 0 Å². The number of rotatable bonds is 2. The number of methoxy groups -OCH3 is 1. The van der Waals surface area contributed by atoms with Gasteiger partial charge in [-0.25, -0.2) is 4.79 Å². The normalized spacial score (nSPS) is 10.1. The number of carbonyl (C=O) groups is 1. The maximum Gasteiger partial charge on any atom is 0.337 e. The summed E-state index contributed by atoms with van der Waals surface area (Å²) in [6, 6.07) is 6.32. The number of amidine groups is 1. The summed E-state index contributed by atoms with van der Waals surface area (Å²) < 4.78 is 4.52. The molecule has 1 aromatic rings. The number of nitrogens with two attached hydrogens (primary N) is 1. The van der Waals surface area contributed by atoms with Crippen LogP contribution in [0.5, 0.6) is 0 Å². The molecular weight excluding hydrogens is 208 g/mol. The van der Waals surface area contributed by atoms with Gasteiger partial charge in [0.2, 0.25) is 0 Å². The van der Waals surface area contributed by atoms with E-state index in [0.717, 1.165) is 0 Å². The van der Waals surface area contributed by atoms with Crippen LogP contribution in [0.1, 0.15) is 29.8 Å². The molecule has 5 heteroatoms. The van der Waals surface area contributed by atoms with Crippen molar-refractivity contribution in [1.82, 2.24) is 0 Å². The summed E-state index contributed by atoms with van der Waals surface area (Å²) in [5.41, 5.74) is 6.18. The highest BCUT2D eigenvalue weighted by atomic mass is 16.5. The zero-order valence-corrected chi connectivity index (χ0v) is 9.60. The minimum Gasteiger partial charge on any atom is -0.465 e. The summed E-state index contributed by atoms with van der Waals surface area (Å²) >= 11 is 0. The number of nitrogens with zero attached hydrogens (tertiary/aromatic N) is 1. The molecule has 88 valence electrons. The third-order valence-corrected chi connectivity index (χ3v) is 1.69. The fourth-order valence-corrected chi connectivity index (χ4v) is 0.981. The first kappa shape index (κ1) is 14.0. The van der Waals surface area contributed by atoms with Gasteiger partial charge in [-0.2, -0.15) is 0 Å². The van der Waals surface area contributed by atoms with Crippen LogP contribution < -0.4 is 5.73 Å². The molecule has 0 heterocycles. The van der Waals surface area contributed by atoms with Gasteiger partial charge in [-0.3, -0.25) is 0 Å². The molecule has 0 radical (unpaired) electrons. The highest BCUT2D eigenvalue weighted by Gasteiger charge is 2.07. The number of esters is 1. The lowest BCUT2D eigenvalue weighted by molar-refractivity contribution is 0.0600. The Morgan fingerprint density at radius 3 is 2.44 bits per heavy atom. The van der Waals surface area contributed by atoms with Crippen LogP contribution >= 0.6 is 0 Å². The second-order valence-electron chi connectivity index (χ2n) is 2.56. The molecule has 0 atom stereocenters. The predicted molar refractivity (Wildman–Crippen MR) is 61.6 cm³/mol. The van der Waals surface area contributed by atoms with Gasteiger partial charge in [0.15, 0.2) is 5.84 Å². The molecule has 0 unspecified atom stereocenters. The van der Waals surface area contributed by atoms with E-state index in [1.165, 1.54) is 13.2 Å². The molecule has 3 N–H and O–H groups in total. The molecule has 5 nitrogen and oxygen atoms in total. The van der Waals surface area contributed by atoms with Crippen LogP contribution in [0.2, 0.25) is 0 Å². The van der Waals surface area contributed by atoms with Crippen LogP contribution in [0, 0.1) is 0 Å². The summed E-state index contributed by atoms with van der Waals surface area (Å²) in [4.78, 5) is 11.1. The molecule has 0 bridgehead atoms. The van der Waals surface area contributed by atoms with Gasteiger partial charge in [0.25, 0.3) is 0 Å². The van der Waals surface area contributed by atoms with Crippen molar-refractivity contribution in [2.24, 2.45) is 10.9 Å². The van der Waals surface area contributed by atoms with E-state index in [2.05, 4.69) is 9.89 Å². The van der Waals surface area contributed by atoms with E-state index < -0.39 is 5.97 Å². The van der Waals surface area contributed by atoms with Gasteiger partial charge in [-0.15, -0.1) is 0 Å². The third kappa shape index (κ3) is 3.61. The Kier molecular flexibility index (Phi) is 6.35. The Balaban J connectivity index is 0.00000106. The second-order valence-corrected chi connectivity index (χ2v) is 2.56. The van der Waals surface area contributed by atoms with E-state index in [1.807, 2.05) is 13.8 Å². The van der Waals surface area contributed by atoms with Crippen molar-refractivity contribution < 1.29 is 14.7 Å². The first-order chi connectivity index (χ1) is 7.69. The SMILES string of the molecule is CC.COC(=O)c1cccc(/C(N)=N/O)c1. The topological polar surface area (TPSA) is 84.9 Å². The van der Waals surface area contributed by atoms with E-state index in [0.29, 0.717) is 11.1 Å². The van der Waals surface area contributed by atoms with Crippen molar-refractivity contribution in [3.05, 3.63) is 35.4 Å². The van der Waals surface area contributed by atoms with Crippen molar-refractivity contribution in [2.45, 2.75) is 13.8 Å². The van der Waals surface area contributed by atoms with Gasteiger partial charge in [-0.1, -0.05) is 31.1 Å². The third-order valence-electron chi connectivity index (χ3n) is 1.69. The molecule has 0 aromatic heterocycles. The number of hydrogen-bond donors (Lipinski definition) is 2. The molecular formula is C11H16N2O3. The Bertz CT molecular complexity index is 375. The summed E-state index contributed by atoms with van der Waals surface area (Å²) in [5.74, 6) is -0.506. The van der Waals surface area contributed by atoms with Crippen molar-refractivity contribution in [3.8, 4) is 0 Å². The summed E-state index contributed by atoms with van der Waals surface area (Å²) in [7, 11) is 1.29. The largest absolute Gasteiger partial charge is 0.465 e. The molecule has 1 rings (SSSR count). The van der Waals surface area contributed by atoms with Crippen LogP contribution in [0.15, 0.2) is 29.4 Å². The van der Waals surface area contributed by atoms with E-state index in [4.69, 9.17) is 10.9 Å². The number of oxime groups is 1. The molecule has 0 amide bonds. The van der Waals surface area contributed by atoms with Gasteiger partial charge in [0.05, 0.1) is 12.7 Å². The number of hydrogen-bond acceptors (Lipinski definition) is 4. The number of ether oxygens (including phenoxy) is 1. The standard InChI is InChI=1S/C9H10N2O3.C2H6/c1-14-9(12)7-4-2-3-6(5-7)8(10)11-13;1-2/h2-5,13H,1H3,(H2,10,11);1-2H3. The van der Waals surface area contributed by atoms with Crippen molar-refractivity contribution in [2.75, 3.05) is 7.11 Å². The molecule has 1 aromatic carbocycles. The maximum atomic E-state index is 11.1. The minimum atomic E-state index is -0.461. The van der Waals surface area contributed by atoms with Crippen LogP contribution in [0.3, 0.4) is 0 Å². The maximum absolute atomic E-state index is 11.1. The first-order valence-corrected chi connectivity index (χ1v) is 4.85. The van der Waals surface area contributed by atoms with Crippen molar-refractivity contribution in [1.29, 1.82) is 0 Å². The lowest BCUT2D eigenvalue weighted by atomic mass is 10.1. The fourth-order valence-electron chi connectivity index (χ4n) is 0.981. The van der Waals surface area contributed by atoms with E-state index in [1.54, 1.807) is 18.2 Å². The summed E-state index contributed by atoms with van der Waals surface area (Å²) in [5, 5.41) is 11.2. The molecule has 0 aliphatic heterocycles. The number of carbonyl (C=O) groups excluding carboxylic acids is 1. The Morgan fingerprint density at radius 1 is 1.38 bits per heavy atom. The average Bonchev–Trinajstić information content (AvgIpc) is 2.39. The van der Waals surface area contributed by atoms with Gasteiger partial charge >= 0.3 is 5.97 Å². The zero-order valence-electron chi connectivity index (χ0n) is 9.60. The molecule has 0 fully saturated rings. The predicted octanol–water partition coefficient (Wildman–Crippen LogP) is 1.59. The first-order valence-electron chi connectivity index (χ1n) is 4.85. The zero-order chi connectivity index (χ0) is 12.6. The average molecular weight is 224 g/mol. The Morgan fingerprint density at radius 2 is 1.94 bits per heavy atom. The number of benzene rings is 1.